The number of benzene rings is 1. The van der Waals surface area contributed by atoms with Gasteiger partial charge < -0.3 is 15.7 Å². The van der Waals surface area contributed by atoms with Gasteiger partial charge in [-0.1, -0.05) is 0 Å². The Hall–Kier alpha value is -3.35. The van der Waals surface area contributed by atoms with Crippen molar-refractivity contribution in [2.75, 3.05) is 10.6 Å². The summed E-state index contributed by atoms with van der Waals surface area (Å²) in [6.45, 7) is 3.88. The number of aromatic nitrogens is 3. The number of pyridine rings is 1. The third-order valence-corrected chi connectivity index (χ3v) is 3.36. The molecule has 1 aromatic carbocycles. The molecule has 0 atom stereocenters. The minimum Gasteiger partial charge on any atom is -0.508 e. The topological polar surface area (TPSA) is 92.1 Å². The third kappa shape index (κ3) is 3.52. The molecule has 7 nitrogen and oxygen atoms in total. The van der Waals surface area contributed by atoms with Crippen LogP contribution < -0.4 is 10.6 Å². The number of amides is 2. The van der Waals surface area contributed by atoms with Crippen molar-refractivity contribution in [1.82, 2.24) is 14.8 Å². The summed E-state index contributed by atoms with van der Waals surface area (Å²) in [5.74, 6) is 0.829. The third-order valence-electron chi connectivity index (χ3n) is 3.36. The van der Waals surface area contributed by atoms with Crippen molar-refractivity contribution < 1.29 is 9.90 Å². The maximum atomic E-state index is 11.9. The van der Waals surface area contributed by atoms with E-state index in [0.29, 0.717) is 17.2 Å². The molecule has 0 aliphatic carbocycles. The second kappa shape index (κ2) is 6.41. The maximum Gasteiger partial charge on any atom is 0.323 e. The standard InChI is InChI=1S/C17H17N5O2/c1-11-9-12(2)22(21-11)16-8-5-14(10-18-16)20-17(24)19-13-3-6-15(23)7-4-13/h3-10,23H,1-2H3,(H2,19,20,24). The normalized spacial score (nSPS) is 10.4. The summed E-state index contributed by atoms with van der Waals surface area (Å²) in [4.78, 5) is 16.3. The lowest BCUT2D eigenvalue weighted by atomic mass is 10.3. The minimum atomic E-state index is -0.388. The van der Waals surface area contributed by atoms with Gasteiger partial charge in [0.1, 0.15) is 5.75 Å². The van der Waals surface area contributed by atoms with Crippen LogP contribution in [0.15, 0.2) is 48.7 Å². The van der Waals surface area contributed by atoms with Crippen LogP contribution in [0.25, 0.3) is 5.82 Å². The number of anilines is 2. The summed E-state index contributed by atoms with van der Waals surface area (Å²) in [6, 6.07) is 11.4. The van der Waals surface area contributed by atoms with Crippen LogP contribution in [0.2, 0.25) is 0 Å². The number of rotatable bonds is 3. The molecule has 2 heterocycles. The Morgan fingerprint density at radius 3 is 2.29 bits per heavy atom. The van der Waals surface area contributed by atoms with Gasteiger partial charge in [0, 0.05) is 11.4 Å². The predicted octanol–water partition coefficient (Wildman–Crippen LogP) is 3.23. The number of hydrogen-bond acceptors (Lipinski definition) is 4. The number of phenols is 1. The van der Waals surface area contributed by atoms with Gasteiger partial charge in [0.25, 0.3) is 0 Å². The summed E-state index contributed by atoms with van der Waals surface area (Å²) >= 11 is 0. The average Bonchev–Trinajstić information content (AvgIpc) is 2.89. The van der Waals surface area contributed by atoms with Crippen LogP contribution in [-0.4, -0.2) is 25.9 Å². The van der Waals surface area contributed by atoms with E-state index in [1.54, 1.807) is 35.1 Å². The van der Waals surface area contributed by atoms with Crippen LogP contribution in [0.5, 0.6) is 5.75 Å². The first kappa shape index (κ1) is 15.5. The molecule has 0 aliphatic rings. The van der Waals surface area contributed by atoms with Gasteiger partial charge in [-0.2, -0.15) is 5.10 Å². The SMILES string of the molecule is Cc1cc(C)n(-c2ccc(NC(=O)Nc3ccc(O)cc3)cn2)n1. The van der Waals surface area contributed by atoms with Crippen LogP contribution in [0.3, 0.4) is 0 Å². The second-order valence-electron chi connectivity index (χ2n) is 5.37. The van der Waals surface area contributed by atoms with Crippen LogP contribution in [-0.2, 0) is 0 Å². The Balaban J connectivity index is 1.66. The number of carbonyl (C=O) groups excluding carboxylic acids is 1. The van der Waals surface area contributed by atoms with E-state index in [2.05, 4.69) is 20.7 Å². The average molecular weight is 323 g/mol. The maximum absolute atomic E-state index is 11.9. The zero-order valence-corrected chi connectivity index (χ0v) is 13.3. The Bertz CT molecular complexity index is 854. The lowest BCUT2D eigenvalue weighted by Gasteiger charge is -2.08. The first-order chi connectivity index (χ1) is 11.5. The number of phenolic OH excluding ortho intramolecular Hbond substituents is 1. The molecule has 3 rings (SSSR count). The molecule has 122 valence electrons. The van der Waals surface area contributed by atoms with Gasteiger partial charge in [-0.25, -0.2) is 14.5 Å². The largest absolute Gasteiger partial charge is 0.508 e. The molecule has 0 saturated heterocycles. The number of nitrogens with zero attached hydrogens (tertiary/aromatic N) is 3. The zero-order valence-electron chi connectivity index (χ0n) is 13.3. The van der Waals surface area contributed by atoms with E-state index in [-0.39, 0.29) is 11.8 Å². The van der Waals surface area contributed by atoms with Crippen molar-refractivity contribution >= 4 is 17.4 Å². The molecule has 3 aromatic rings. The molecular weight excluding hydrogens is 306 g/mol. The minimum absolute atomic E-state index is 0.143. The van der Waals surface area contributed by atoms with E-state index in [0.717, 1.165) is 11.4 Å². The van der Waals surface area contributed by atoms with Gasteiger partial charge in [0.15, 0.2) is 5.82 Å². The summed E-state index contributed by atoms with van der Waals surface area (Å²) in [5.41, 5.74) is 3.06. The van der Waals surface area contributed by atoms with Crippen LogP contribution in [0.1, 0.15) is 11.4 Å². The first-order valence-electron chi connectivity index (χ1n) is 7.38. The van der Waals surface area contributed by atoms with E-state index in [1.807, 2.05) is 19.9 Å². The fourth-order valence-corrected chi connectivity index (χ4v) is 2.28. The fraction of sp³-hybridized carbons (Fsp3) is 0.118. The van der Waals surface area contributed by atoms with E-state index in [4.69, 9.17) is 0 Å². The molecular formula is C17H17N5O2. The first-order valence-corrected chi connectivity index (χ1v) is 7.38. The molecule has 0 spiro atoms. The molecule has 0 fully saturated rings. The van der Waals surface area contributed by atoms with Crippen molar-refractivity contribution in [3.05, 3.63) is 60.0 Å². The molecule has 0 unspecified atom stereocenters. The fourth-order valence-electron chi connectivity index (χ4n) is 2.28. The van der Waals surface area contributed by atoms with Crippen LogP contribution in [0.4, 0.5) is 16.2 Å². The van der Waals surface area contributed by atoms with Gasteiger partial charge in [-0.15, -0.1) is 0 Å². The molecule has 0 bridgehead atoms. The van der Waals surface area contributed by atoms with Crippen LogP contribution >= 0.6 is 0 Å². The Kier molecular flexibility index (Phi) is 4.15. The second-order valence-corrected chi connectivity index (χ2v) is 5.37. The number of carbonyl (C=O) groups is 1. The van der Waals surface area contributed by atoms with E-state index in [9.17, 15) is 9.90 Å². The van der Waals surface area contributed by atoms with Gasteiger partial charge in [-0.3, -0.25) is 0 Å². The number of hydrogen-bond donors (Lipinski definition) is 3. The number of aromatic hydroxyl groups is 1. The van der Waals surface area contributed by atoms with E-state index >= 15 is 0 Å². The highest BCUT2D eigenvalue weighted by Gasteiger charge is 2.07. The van der Waals surface area contributed by atoms with Crippen molar-refractivity contribution in [2.24, 2.45) is 0 Å². The van der Waals surface area contributed by atoms with Crippen molar-refractivity contribution in [3.8, 4) is 11.6 Å². The smallest absolute Gasteiger partial charge is 0.323 e. The number of aryl methyl sites for hydroxylation is 2. The summed E-state index contributed by atoms with van der Waals surface area (Å²) in [7, 11) is 0. The summed E-state index contributed by atoms with van der Waals surface area (Å²) in [6.07, 6.45) is 1.57. The zero-order chi connectivity index (χ0) is 17.1. The molecule has 0 aliphatic heterocycles. The molecule has 7 heteroatoms. The highest BCUT2D eigenvalue weighted by molar-refractivity contribution is 5.99. The van der Waals surface area contributed by atoms with Gasteiger partial charge in [-0.05, 0) is 56.3 Å². The molecule has 24 heavy (non-hydrogen) atoms. The molecule has 0 radical (unpaired) electrons. The Morgan fingerprint density at radius 1 is 1.04 bits per heavy atom. The molecule has 0 saturated carbocycles. The van der Waals surface area contributed by atoms with Gasteiger partial charge in [0.05, 0.1) is 17.6 Å². The van der Waals surface area contributed by atoms with Crippen molar-refractivity contribution in [3.63, 3.8) is 0 Å². The molecule has 3 N–H and O–H groups in total. The quantitative estimate of drug-likeness (QED) is 0.645. The molecule has 2 aromatic heterocycles. The Morgan fingerprint density at radius 2 is 1.71 bits per heavy atom. The lowest BCUT2D eigenvalue weighted by Crippen LogP contribution is -2.19. The molecule has 2 amide bonds. The predicted molar refractivity (Wildman–Crippen MR) is 91.6 cm³/mol. The van der Waals surface area contributed by atoms with Gasteiger partial charge >= 0.3 is 6.03 Å². The van der Waals surface area contributed by atoms with Crippen LogP contribution in [0, 0.1) is 13.8 Å². The number of urea groups is 1. The highest BCUT2D eigenvalue weighted by atomic mass is 16.3. The summed E-state index contributed by atoms with van der Waals surface area (Å²) < 4.78 is 1.75. The van der Waals surface area contributed by atoms with E-state index < -0.39 is 0 Å². The van der Waals surface area contributed by atoms with Crippen molar-refractivity contribution in [1.29, 1.82) is 0 Å². The Labute approximate surface area is 139 Å². The van der Waals surface area contributed by atoms with E-state index in [1.165, 1.54) is 12.1 Å². The highest BCUT2D eigenvalue weighted by Crippen LogP contribution is 2.15. The monoisotopic (exact) mass is 323 g/mol. The summed E-state index contributed by atoms with van der Waals surface area (Å²) in [5, 5.41) is 19.0. The lowest BCUT2D eigenvalue weighted by molar-refractivity contribution is 0.262. The van der Waals surface area contributed by atoms with Crippen molar-refractivity contribution in [2.45, 2.75) is 13.8 Å². The number of nitrogens with one attached hydrogen (secondary N) is 2. The van der Waals surface area contributed by atoms with Gasteiger partial charge in [0.2, 0.25) is 0 Å².